The number of benzene rings is 8. The number of hydrogen-bond donors (Lipinski definition) is 0. The Morgan fingerprint density at radius 1 is 0.333 bits per heavy atom. The summed E-state index contributed by atoms with van der Waals surface area (Å²) in [4.78, 5) is 10.5. The van der Waals surface area contributed by atoms with Crippen LogP contribution in [0.25, 0.3) is 97.9 Å². The van der Waals surface area contributed by atoms with Gasteiger partial charge in [-0.05, 0) is 80.2 Å². The number of fused-ring (bicyclic) bond motifs is 5. The molecule has 3 heteroatoms. The monoisotopic (exact) mass is 666 g/mol. The summed E-state index contributed by atoms with van der Waals surface area (Å²) in [6.45, 7) is 0. The van der Waals surface area contributed by atoms with Crippen LogP contribution in [-0.4, -0.2) is 9.97 Å². The molecule has 0 atom stereocenters. The van der Waals surface area contributed by atoms with Crippen LogP contribution in [0.15, 0.2) is 182 Å². The van der Waals surface area contributed by atoms with E-state index in [0.717, 1.165) is 39.2 Å². The molecular formula is C48H30N2S. The molecule has 0 aliphatic carbocycles. The van der Waals surface area contributed by atoms with E-state index in [0.29, 0.717) is 5.82 Å². The summed E-state index contributed by atoms with van der Waals surface area (Å²) in [5.74, 6) is 0.707. The van der Waals surface area contributed by atoms with Gasteiger partial charge in [-0.25, -0.2) is 9.97 Å². The van der Waals surface area contributed by atoms with Crippen molar-refractivity contribution in [3.05, 3.63) is 182 Å². The lowest BCUT2D eigenvalue weighted by Gasteiger charge is -2.15. The van der Waals surface area contributed by atoms with Crippen molar-refractivity contribution >= 4 is 53.1 Å². The van der Waals surface area contributed by atoms with Gasteiger partial charge in [-0.2, -0.15) is 0 Å². The molecule has 0 bridgehead atoms. The lowest BCUT2D eigenvalue weighted by molar-refractivity contribution is 1.18. The Labute approximate surface area is 300 Å². The minimum Gasteiger partial charge on any atom is -0.228 e. The Morgan fingerprint density at radius 3 is 1.65 bits per heavy atom. The summed E-state index contributed by atoms with van der Waals surface area (Å²) in [5, 5.41) is 7.39. The SMILES string of the molecule is c1ccc(-c2nc(-c3cc(-c4cccc5ccccc45)cc(-c4cccc5sc6ccccc6c45)c3)cc(-c3cccc4ccccc34)n2)cc1. The molecule has 0 saturated heterocycles. The zero-order valence-electron chi connectivity index (χ0n) is 27.6. The minimum absolute atomic E-state index is 0.707. The van der Waals surface area contributed by atoms with Gasteiger partial charge < -0.3 is 0 Å². The number of rotatable bonds is 5. The summed E-state index contributed by atoms with van der Waals surface area (Å²) in [5.41, 5.74) is 9.66. The van der Waals surface area contributed by atoms with Gasteiger partial charge in [-0.15, -0.1) is 11.3 Å². The van der Waals surface area contributed by atoms with Gasteiger partial charge >= 0.3 is 0 Å². The van der Waals surface area contributed by atoms with Gasteiger partial charge in [-0.3, -0.25) is 0 Å². The van der Waals surface area contributed by atoms with Crippen molar-refractivity contribution in [2.24, 2.45) is 0 Å². The molecule has 0 N–H and O–H groups in total. The van der Waals surface area contributed by atoms with Gasteiger partial charge in [0.05, 0.1) is 11.4 Å². The van der Waals surface area contributed by atoms with E-state index in [1.54, 1.807) is 0 Å². The van der Waals surface area contributed by atoms with Crippen LogP contribution < -0.4 is 0 Å². The predicted octanol–water partition coefficient (Wildman–Crippen LogP) is 13.5. The largest absolute Gasteiger partial charge is 0.228 e. The highest BCUT2D eigenvalue weighted by Gasteiger charge is 2.17. The lowest BCUT2D eigenvalue weighted by Crippen LogP contribution is -1.97. The molecule has 0 radical (unpaired) electrons. The molecule has 51 heavy (non-hydrogen) atoms. The van der Waals surface area contributed by atoms with E-state index in [1.165, 1.54) is 52.8 Å². The molecule has 0 amide bonds. The molecule has 10 rings (SSSR count). The smallest absolute Gasteiger partial charge is 0.160 e. The van der Waals surface area contributed by atoms with Crippen LogP contribution in [0, 0.1) is 0 Å². The minimum atomic E-state index is 0.707. The van der Waals surface area contributed by atoms with Crippen molar-refractivity contribution in [2.75, 3.05) is 0 Å². The van der Waals surface area contributed by atoms with E-state index in [2.05, 4.69) is 164 Å². The Bertz CT molecular complexity index is 2910. The predicted molar refractivity (Wildman–Crippen MR) is 217 cm³/mol. The second kappa shape index (κ2) is 12.2. The van der Waals surface area contributed by atoms with Crippen molar-refractivity contribution in [3.8, 4) is 56.2 Å². The first-order valence-electron chi connectivity index (χ1n) is 17.2. The van der Waals surface area contributed by atoms with Crippen molar-refractivity contribution in [1.82, 2.24) is 9.97 Å². The molecule has 0 fully saturated rings. The Kier molecular flexibility index (Phi) is 7.04. The summed E-state index contributed by atoms with van der Waals surface area (Å²) < 4.78 is 2.59. The maximum Gasteiger partial charge on any atom is 0.160 e. The quantitative estimate of drug-likeness (QED) is 0.183. The van der Waals surface area contributed by atoms with Crippen molar-refractivity contribution < 1.29 is 0 Å². The van der Waals surface area contributed by atoms with Gasteiger partial charge in [0, 0.05) is 36.9 Å². The summed E-state index contributed by atoms with van der Waals surface area (Å²) in [7, 11) is 0. The molecule has 0 aliphatic rings. The van der Waals surface area contributed by atoms with Crippen LogP contribution in [0.3, 0.4) is 0 Å². The fourth-order valence-corrected chi connectivity index (χ4v) is 8.61. The zero-order valence-corrected chi connectivity index (χ0v) is 28.4. The van der Waals surface area contributed by atoms with Crippen LogP contribution in [0.2, 0.25) is 0 Å². The molecule has 0 aliphatic heterocycles. The highest BCUT2D eigenvalue weighted by molar-refractivity contribution is 7.25. The number of thiophene rings is 1. The fourth-order valence-electron chi connectivity index (χ4n) is 7.48. The van der Waals surface area contributed by atoms with Gasteiger partial charge in [0.25, 0.3) is 0 Å². The molecule has 0 saturated carbocycles. The average Bonchev–Trinajstić information content (AvgIpc) is 3.59. The summed E-state index contributed by atoms with van der Waals surface area (Å²) in [6.07, 6.45) is 0. The number of nitrogens with zero attached hydrogens (tertiary/aromatic N) is 2. The maximum absolute atomic E-state index is 5.30. The molecule has 0 spiro atoms. The lowest BCUT2D eigenvalue weighted by atomic mass is 9.90. The highest BCUT2D eigenvalue weighted by Crippen LogP contribution is 2.43. The first kappa shape index (κ1) is 29.5. The number of aromatic nitrogens is 2. The first-order chi connectivity index (χ1) is 25.3. The van der Waals surface area contributed by atoms with E-state index in [4.69, 9.17) is 9.97 Å². The Hall–Kier alpha value is -6.42. The molecule has 10 aromatic rings. The van der Waals surface area contributed by atoms with Crippen LogP contribution in [0.5, 0.6) is 0 Å². The molecule has 0 unspecified atom stereocenters. The third-order valence-electron chi connectivity index (χ3n) is 9.87. The second-order valence-electron chi connectivity index (χ2n) is 13.0. The molecule has 2 nitrogen and oxygen atoms in total. The third-order valence-corrected chi connectivity index (χ3v) is 11.0. The van der Waals surface area contributed by atoms with Crippen molar-refractivity contribution in [2.45, 2.75) is 0 Å². The van der Waals surface area contributed by atoms with E-state index >= 15 is 0 Å². The molecule has 8 aromatic carbocycles. The summed E-state index contributed by atoms with van der Waals surface area (Å²) >= 11 is 1.85. The molecule has 2 heterocycles. The van der Waals surface area contributed by atoms with Crippen LogP contribution in [0.1, 0.15) is 0 Å². The van der Waals surface area contributed by atoms with Crippen molar-refractivity contribution in [3.63, 3.8) is 0 Å². The highest BCUT2D eigenvalue weighted by atomic mass is 32.1. The van der Waals surface area contributed by atoms with Crippen LogP contribution in [-0.2, 0) is 0 Å². The zero-order chi connectivity index (χ0) is 33.7. The molecule has 238 valence electrons. The van der Waals surface area contributed by atoms with Gasteiger partial charge in [0.1, 0.15) is 0 Å². The van der Waals surface area contributed by atoms with E-state index in [9.17, 15) is 0 Å². The first-order valence-corrected chi connectivity index (χ1v) is 18.1. The number of hydrogen-bond acceptors (Lipinski definition) is 3. The van der Waals surface area contributed by atoms with Crippen LogP contribution in [0.4, 0.5) is 0 Å². The Balaban J connectivity index is 1.27. The Morgan fingerprint density at radius 2 is 0.863 bits per heavy atom. The van der Waals surface area contributed by atoms with Gasteiger partial charge in [0.15, 0.2) is 5.82 Å². The van der Waals surface area contributed by atoms with E-state index in [1.807, 2.05) is 29.5 Å². The van der Waals surface area contributed by atoms with E-state index < -0.39 is 0 Å². The maximum atomic E-state index is 5.30. The van der Waals surface area contributed by atoms with Gasteiger partial charge in [0.2, 0.25) is 0 Å². The average molecular weight is 667 g/mol. The standard InChI is InChI=1S/C48H30N2S/c1-2-15-33(16-3-1)48-49-43(30-44(50-48)41-24-11-18-32-14-5-7-20-38(32)41)36-28-34(39-22-10-17-31-13-4-6-19-37(31)39)27-35(29-36)40-23-12-26-46-47(40)42-21-8-9-25-45(42)51-46/h1-30H. The van der Waals surface area contributed by atoms with Crippen LogP contribution >= 0.6 is 11.3 Å². The molecular weight excluding hydrogens is 637 g/mol. The second-order valence-corrected chi connectivity index (χ2v) is 14.0. The topological polar surface area (TPSA) is 25.8 Å². The molecule has 2 aromatic heterocycles. The fraction of sp³-hybridized carbons (Fsp3) is 0. The third kappa shape index (κ3) is 5.18. The van der Waals surface area contributed by atoms with E-state index in [-0.39, 0.29) is 0 Å². The summed E-state index contributed by atoms with van der Waals surface area (Å²) in [6, 6.07) is 65.1. The van der Waals surface area contributed by atoms with Crippen molar-refractivity contribution in [1.29, 1.82) is 0 Å². The normalized spacial score (nSPS) is 11.5. The van der Waals surface area contributed by atoms with Gasteiger partial charge in [-0.1, -0.05) is 146 Å².